The Morgan fingerprint density at radius 2 is 1.27 bits per heavy atom. The van der Waals surface area contributed by atoms with Gasteiger partial charge in [-0.05, 0) is 66.8 Å². The fraction of sp³-hybridized carbons (Fsp3) is 0.281. The average molecular weight is 492 g/mol. The van der Waals surface area contributed by atoms with Crippen molar-refractivity contribution in [2.45, 2.75) is 27.2 Å². The van der Waals surface area contributed by atoms with Crippen molar-refractivity contribution >= 4 is 34.4 Å². The molecule has 1 heterocycles. The van der Waals surface area contributed by atoms with Crippen LogP contribution in [0.15, 0.2) is 84.9 Å². The second-order valence-corrected chi connectivity index (χ2v) is 10.2. The third kappa shape index (κ3) is 2.88. The van der Waals surface area contributed by atoms with E-state index in [0.717, 1.165) is 22.3 Å². The van der Waals surface area contributed by atoms with Gasteiger partial charge in [0.25, 0.3) is 0 Å². The lowest BCUT2D eigenvalue weighted by Gasteiger charge is -2.37. The van der Waals surface area contributed by atoms with Crippen LogP contribution in [-0.2, 0) is 14.4 Å². The van der Waals surface area contributed by atoms with Crippen LogP contribution in [0.3, 0.4) is 0 Å². The number of Topliss-reactive ketones (excluding diaryl/α,β-unsaturated/α-hetero) is 1. The maximum absolute atomic E-state index is 14.5. The molecule has 1 saturated carbocycles. The smallest absolute Gasteiger partial charge is 0.239 e. The lowest BCUT2D eigenvalue weighted by atomic mass is 9.62. The summed E-state index contributed by atoms with van der Waals surface area (Å²) < 4.78 is 5.55. The van der Waals surface area contributed by atoms with Crippen molar-refractivity contribution < 1.29 is 19.1 Å². The van der Waals surface area contributed by atoms with Crippen LogP contribution >= 0.6 is 0 Å². The first-order chi connectivity index (χ1) is 17.9. The second kappa shape index (κ2) is 8.27. The zero-order chi connectivity index (χ0) is 25.9. The predicted molar refractivity (Wildman–Crippen MR) is 143 cm³/mol. The third-order valence-electron chi connectivity index (χ3n) is 8.64. The minimum Gasteiger partial charge on any atom is -0.494 e. The van der Waals surface area contributed by atoms with E-state index in [4.69, 9.17) is 4.74 Å². The maximum atomic E-state index is 14.5. The van der Waals surface area contributed by atoms with Gasteiger partial charge >= 0.3 is 0 Å². The summed E-state index contributed by atoms with van der Waals surface area (Å²) in [7, 11) is 0. The van der Waals surface area contributed by atoms with Crippen molar-refractivity contribution in [1.82, 2.24) is 0 Å². The molecule has 186 valence electrons. The van der Waals surface area contributed by atoms with E-state index in [-0.39, 0.29) is 17.6 Å². The van der Waals surface area contributed by atoms with Gasteiger partial charge in [-0.2, -0.15) is 0 Å². The molecular weight excluding hydrogens is 462 g/mol. The highest BCUT2D eigenvalue weighted by Crippen LogP contribution is 2.74. The quantitative estimate of drug-likeness (QED) is 0.409. The molecule has 3 aromatic rings. The van der Waals surface area contributed by atoms with Gasteiger partial charge in [0.05, 0.1) is 35.0 Å². The molecule has 0 N–H and O–H groups in total. The molecule has 2 aliphatic carbocycles. The van der Waals surface area contributed by atoms with Crippen LogP contribution in [0.4, 0.5) is 5.69 Å². The molecule has 6 rings (SSSR count). The van der Waals surface area contributed by atoms with E-state index in [1.54, 1.807) is 24.3 Å². The fourth-order valence-corrected chi connectivity index (χ4v) is 7.24. The molecular formula is C32H29NO4. The molecule has 2 fully saturated rings. The van der Waals surface area contributed by atoms with Crippen LogP contribution in [-0.4, -0.2) is 24.2 Å². The number of allylic oxidation sites excluding steroid dienone is 2. The Morgan fingerprint density at radius 3 is 1.81 bits per heavy atom. The van der Waals surface area contributed by atoms with Gasteiger partial charge in [0.2, 0.25) is 11.8 Å². The Balaban J connectivity index is 1.58. The number of carbonyl (C=O) groups is 3. The number of ketones is 1. The van der Waals surface area contributed by atoms with Gasteiger partial charge < -0.3 is 4.74 Å². The largest absolute Gasteiger partial charge is 0.494 e. The van der Waals surface area contributed by atoms with Crippen LogP contribution in [0.2, 0.25) is 0 Å². The van der Waals surface area contributed by atoms with Crippen LogP contribution in [0.25, 0.3) is 11.1 Å². The Bertz CT molecular complexity index is 1440. The average Bonchev–Trinajstić information content (AvgIpc) is 3.40. The fourth-order valence-electron chi connectivity index (χ4n) is 7.24. The molecule has 2 amide bonds. The molecule has 3 aliphatic rings. The molecule has 37 heavy (non-hydrogen) atoms. The van der Waals surface area contributed by atoms with Crippen molar-refractivity contribution in [2.75, 3.05) is 11.5 Å². The number of hydrogen-bond acceptors (Lipinski definition) is 4. The number of fused-ring (bicyclic) bond motifs is 5. The summed E-state index contributed by atoms with van der Waals surface area (Å²) in [5.74, 6) is -1.41. The minimum absolute atomic E-state index is 0.0109. The SMILES string of the molecule is CCOc1ccc(N2C(=O)[C@@H]3[C@H](C2=O)[C@@]2(C)C(=O)[C@@]3(CC)C(c3ccccc3)=C2c2ccccc2)cc1. The normalized spacial score (nSPS) is 28.3. The molecule has 0 aromatic heterocycles. The van der Waals surface area contributed by atoms with Gasteiger partial charge in [-0.15, -0.1) is 0 Å². The van der Waals surface area contributed by atoms with Crippen molar-refractivity contribution in [3.63, 3.8) is 0 Å². The van der Waals surface area contributed by atoms with Crippen LogP contribution in [0.1, 0.15) is 38.3 Å². The molecule has 2 bridgehead atoms. The van der Waals surface area contributed by atoms with E-state index < -0.39 is 22.7 Å². The highest BCUT2D eigenvalue weighted by Gasteiger charge is 2.79. The number of hydrogen-bond donors (Lipinski definition) is 0. The maximum Gasteiger partial charge on any atom is 0.239 e. The summed E-state index contributed by atoms with van der Waals surface area (Å²) in [6.45, 7) is 6.28. The number of carbonyl (C=O) groups excluding carboxylic acids is 3. The van der Waals surface area contributed by atoms with Gasteiger partial charge in [-0.1, -0.05) is 67.6 Å². The summed E-state index contributed by atoms with van der Waals surface area (Å²) in [5.41, 5.74) is 1.95. The van der Waals surface area contributed by atoms with E-state index >= 15 is 0 Å². The summed E-state index contributed by atoms with van der Waals surface area (Å²) >= 11 is 0. The number of amides is 2. The Hall–Kier alpha value is -3.99. The standard InChI is InChI=1S/C32H29NO4/c1-4-32-25(21-14-10-7-11-15-21)24(20-12-8-6-9-13-20)31(3,30(32)36)26-27(32)29(35)33(28(26)34)22-16-18-23(19-17-22)37-5-2/h6-19,26-27H,4-5H2,1-3H3/t26-,27+,31+,32+/m1/s1. The monoisotopic (exact) mass is 491 g/mol. The van der Waals surface area contributed by atoms with Crippen molar-refractivity contribution in [3.05, 3.63) is 96.1 Å². The number of anilines is 1. The lowest BCUT2D eigenvalue weighted by Crippen LogP contribution is -2.41. The molecule has 1 aliphatic heterocycles. The van der Waals surface area contributed by atoms with Gasteiger partial charge in [0.1, 0.15) is 5.75 Å². The molecule has 4 atom stereocenters. The molecule has 3 aromatic carbocycles. The topological polar surface area (TPSA) is 63.7 Å². The Morgan fingerprint density at radius 1 is 0.730 bits per heavy atom. The Labute approximate surface area is 216 Å². The predicted octanol–water partition coefficient (Wildman–Crippen LogP) is 5.80. The van der Waals surface area contributed by atoms with E-state index in [1.165, 1.54) is 4.90 Å². The van der Waals surface area contributed by atoms with Crippen molar-refractivity contribution in [2.24, 2.45) is 22.7 Å². The van der Waals surface area contributed by atoms with Gasteiger partial charge in [0, 0.05) is 0 Å². The minimum atomic E-state index is -1.11. The van der Waals surface area contributed by atoms with E-state index in [0.29, 0.717) is 24.5 Å². The first-order valence-corrected chi connectivity index (χ1v) is 12.9. The molecule has 0 spiro atoms. The third-order valence-corrected chi connectivity index (χ3v) is 8.64. The zero-order valence-corrected chi connectivity index (χ0v) is 21.2. The summed E-state index contributed by atoms with van der Waals surface area (Å²) in [6.07, 6.45) is 0.444. The van der Waals surface area contributed by atoms with Crippen LogP contribution < -0.4 is 9.64 Å². The Kier molecular flexibility index (Phi) is 5.23. The molecule has 1 saturated heterocycles. The van der Waals surface area contributed by atoms with Crippen LogP contribution in [0, 0.1) is 22.7 Å². The summed E-state index contributed by atoms with van der Waals surface area (Å²) in [4.78, 5) is 44.1. The highest BCUT2D eigenvalue weighted by molar-refractivity contribution is 6.34. The van der Waals surface area contributed by atoms with E-state index in [2.05, 4.69) is 0 Å². The zero-order valence-electron chi connectivity index (χ0n) is 21.2. The van der Waals surface area contributed by atoms with E-state index in [9.17, 15) is 14.4 Å². The molecule has 0 unspecified atom stereocenters. The lowest BCUT2D eigenvalue weighted by molar-refractivity contribution is -0.134. The molecule has 0 radical (unpaired) electrons. The number of rotatable bonds is 6. The number of imide groups is 1. The number of ether oxygens (including phenoxy) is 1. The summed E-state index contributed by atoms with van der Waals surface area (Å²) in [5, 5.41) is 0. The number of nitrogens with zero attached hydrogens (tertiary/aromatic N) is 1. The van der Waals surface area contributed by atoms with Gasteiger partial charge in [-0.3, -0.25) is 14.4 Å². The second-order valence-electron chi connectivity index (χ2n) is 10.2. The molecule has 5 nitrogen and oxygen atoms in total. The van der Waals surface area contributed by atoms with Gasteiger partial charge in [0.15, 0.2) is 5.78 Å². The first kappa shape index (κ1) is 23.4. The van der Waals surface area contributed by atoms with Crippen molar-refractivity contribution in [1.29, 1.82) is 0 Å². The van der Waals surface area contributed by atoms with Crippen LogP contribution in [0.5, 0.6) is 5.75 Å². The molecule has 5 heteroatoms. The van der Waals surface area contributed by atoms with Gasteiger partial charge in [-0.25, -0.2) is 4.90 Å². The highest BCUT2D eigenvalue weighted by atomic mass is 16.5. The first-order valence-electron chi connectivity index (χ1n) is 12.9. The number of benzene rings is 3. The van der Waals surface area contributed by atoms with E-state index in [1.807, 2.05) is 81.4 Å². The summed E-state index contributed by atoms with van der Waals surface area (Å²) in [6, 6.07) is 26.8. The van der Waals surface area contributed by atoms with Crippen molar-refractivity contribution in [3.8, 4) is 5.75 Å².